The van der Waals surface area contributed by atoms with Crippen LogP contribution in [0.4, 0.5) is 0 Å². The van der Waals surface area contributed by atoms with E-state index in [4.69, 9.17) is 9.15 Å². The molecule has 0 radical (unpaired) electrons. The molecule has 27 heavy (non-hydrogen) atoms. The molecule has 2 aliphatic rings. The van der Waals surface area contributed by atoms with Crippen LogP contribution in [0.25, 0.3) is 17.0 Å². The van der Waals surface area contributed by atoms with Gasteiger partial charge in [0.1, 0.15) is 16.9 Å². The Balaban J connectivity index is 2.20. The number of aliphatic hydroxyl groups is 1. The number of hydrogen-bond acceptors (Lipinski definition) is 4. The molecule has 0 spiro atoms. The van der Waals surface area contributed by atoms with E-state index >= 15 is 0 Å². The van der Waals surface area contributed by atoms with E-state index < -0.39 is 11.7 Å². The summed E-state index contributed by atoms with van der Waals surface area (Å²) in [6, 6.07) is 1.57. The van der Waals surface area contributed by atoms with Gasteiger partial charge in [0.2, 0.25) is 0 Å². The molecule has 1 aliphatic carbocycles. The Morgan fingerprint density at radius 3 is 2.63 bits per heavy atom. The lowest BCUT2D eigenvalue weighted by molar-refractivity contribution is 0.0755. The van der Waals surface area contributed by atoms with Crippen molar-refractivity contribution in [3.05, 3.63) is 44.8 Å². The zero-order valence-electron chi connectivity index (χ0n) is 16.9. The molecule has 4 nitrogen and oxygen atoms in total. The first-order valence-electron chi connectivity index (χ1n) is 9.83. The van der Waals surface area contributed by atoms with Crippen LogP contribution < -0.4 is 10.4 Å². The van der Waals surface area contributed by atoms with Crippen molar-refractivity contribution in [1.29, 1.82) is 0 Å². The minimum atomic E-state index is -0.662. The minimum Gasteiger partial charge on any atom is -0.482 e. The van der Waals surface area contributed by atoms with Gasteiger partial charge >= 0.3 is 5.63 Å². The van der Waals surface area contributed by atoms with Crippen molar-refractivity contribution in [2.45, 2.75) is 65.6 Å². The van der Waals surface area contributed by atoms with Gasteiger partial charge < -0.3 is 14.3 Å². The number of aliphatic hydroxyl groups excluding tert-OH is 1. The summed E-state index contributed by atoms with van der Waals surface area (Å²) in [6.45, 7) is 12.4. The highest BCUT2D eigenvalue weighted by Gasteiger charge is 2.38. The molecule has 2 aromatic rings. The third kappa shape index (κ3) is 2.73. The largest absolute Gasteiger partial charge is 0.482 e. The van der Waals surface area contributed by atoms with Gasteiger partial charge in [-0.2, -0.15) is 0 Å². The van der Waals surface area contributed by atoms with Crippen LogP contribution in [0, 0.1) is 11.8 Å². The highest BCUT2D eigenvalue weighted by atomic mass is 16.5. The van der Waals surface area contributed by atoms with Gasteiger partial charge in [-0.3, -0.25) is 0 Å². The Kier molecular flexibility index (Phi) is 4.04. The molecule has 2 heterocycles. The van der Waals surface area contributed by atoms with E-state index in [2.05, 4.69) is 39.8 Å². The SMILES string of the molecule is CC(C)c1cc(=O)oc2c3c(c4c(c12)OC(C)(C)C=C4)C[C@@H](C)[C@H](C)[C@@H]3O. The fourth-order valence-electron chi connectivity index (χ4n) is 4.42. The predicted molar refractivity (Wildman–Crippen MR) is 107 cm³/mol. The lowest BCUT2D eigenvalue weighted by atomic mass is 9.72. The molecule has 1 aliphatic heterocycles. The summed E-state index contributed by atoms with van der Waals surface area (Å²) in [5.74, 6) is 1.33. The van der Waals surface area contributed by atoms with Gasteiger partial charge in [0.05, 0.1) is 11.5 Å². The van der Waals surface area contributed by atoms with Crippen LogP contribution >= 0.6 is 0 Å². The first-order chi connectivity index (χ1) is 12.6. The second-order valence-electron chi connectivity index (χ2n) is 9.04. The minimum absolute atomic E-state index is 0.0942. The normalized spacial score (nSPS) is 26.0. The second-order valence-corrected chi connectivity index (χ2v) is 9.04. The Labute approximate surface area is 159 Å². The summed E-state index contributed by atoms with van der Waals surface area (Å²) in [5.41, 5.74) is 3.42. The summed E-state index contributed by atoms with van der Waals surface area (Å²) < 4.78 is 12.1. The van der Waals surface area contributed by atoms with Crippen LogP contribution in [0.1, 0.15) is 75.8 Å². The first-order valence-corrected chi connectivity index (χ1v) is 9.83. The lowest BCUT2D eigenvalue weighted by Gasteiger charge is -2.37. The smallest absolute Gasteiger partial charge is 0.336 e. The van der Waals surface area contributed by atoms with Crippen LogP contribution in [-0.2, 0) is 6.42 Å². The first kappa shape index (κ1) is 18.3. The zero-order chi connectivity index (χ0) is 19.7. The van der Waals surface area contributed by atoms with Gasteiger partial charge in [-0.05, 0) is 55.2 Å². The molecule has 144 valence electrons. The predicted octanol–water partition coefficient (Wildman–Crippen LogP) is 4.96. The molecule has 4 heteroatoms. The van der Waals surface area contributed by atoms with Gasteiger partial charge in [-0.1, -0.05) is 33.8 Å². The van der Waals surface area contributed by atoms with E-state index in [9.17, 15) is 9.90 Å². The Morgan fingerprint density at radius 1 is 1.26 bits per heavy atom. The van der Waals surface area contributed by atoms with Crippen molar-refractivity contribution in [2.24, 2.45) is 11.8 Å². The van der Waals surface area contributed by atoms with Crippen LogP contribution in [0.2, 0.25) is 0 Å². The standard InChI is InChI=1S/C23H28O4/c1-11(2)15-10-17(24)26-22-18-16(9-12(3)13(4)20(18)25)14-7-8-23(5,6)27-21(14)19(15)22/h7-8,10-13,20,25H,9H2,1-6H3/t12-,13+,20+/m1/s1. The topological polar surface area (TPSA) is 59.7 Å². The maximum atomic E-state index is 12.3. The van der Waals surface area contributed by atoms with E-state index in [0.717, 1.165) is 39.8 Å². The van der Waals surface area contributed by atoms with Gasteiger partial charge in [0, 0.05) is 17.2 Å². The van der Waals surface area contributed by atoms with E-state index in [0.29, 0.717) is 11.5 Å². The van der Waals surface area contributed by atoms with E-state index in [1.165, 1.54) is 0 Å². The fraction of sp³-hybridized carbons (Fsp3) is 0.522. The fourth-order valence-corrected chi connectivity index (χ4v) is 4.42. The van der Waals surface area contributed by atoms with Crippen molar-refractivity contribution in [3.8, 4) is 5.75 Å². The molecule has 1 aromatic carbocycles. The molecular formula is C23H28O4. The molecule has 0 amide bonds. The van der Waals surface area contributed by atoms with Gasteiger partial charge in [-0.25, -0.2) is 4.79 Å². The average Bonchev–Trinajstić information content (AvgIpc) is 2.57. The molecule has 0 bridgehead atoms. The summed E-state index contributed by atoms with van der Waals surface area (Å²) in [6.07, 6.45) is 4.34. The molecular weight excluding hydrogens is 340 g/mol. The van der Waals surface area contributed by atoms with E-state index in [1.54, 1.807) is 6.07 Å². The van der Waals surface area contributed by atoms with Crippen molar-refractivity contribution < 1.29 is 14.3 Å². The highest BCUT2D eigenvalue weighted by Crippen LogP contribution is 2.50. The van der Waals surface area contributed by atoms with E-state index in [-0.39, 0.29) is 17.5 Å². The molecule has 3 atom stereocenters. The Morgan fingerprint density at radius 2 is 1.96 bits per heavy atom. The maximum Gasteiger partial charge on any atom is 0.336 e. The summed E-state index contributed by atoms with van der Waals surface area (Å²) in [7, 11) is 0. The number of benzene rings is 1. The Bertz CT molecular complexity index is 1010. The van der Waals surface area contributed by atoms with Crippen molar-refractivity contribution in [2.75, 3.05) is 0 Å². The quantitative estimate of drug-likeness (QED) is 0.723. The van der Waals surface area contributed by atoms with Gasteiger partial charge in [-0.15, -0.1) is 0 Å². The molecule has 1 N–H and O–H groups in total. The molecule has 4 rings (SSSR count). The number of hydrogen-bond donors (Lipinski definition) is 1. The summed E-state index contributed by atoms with van der Waals surface area (Å²) in [4.78, 5) is 12.3. The van der Waals surface area contributed by atoms with Gasteiger partial charge in [0.15, 0.2) is 0 Å². The maximum absolute atomic E-state index is 12.3. The van der Waals surface area contributed by atoms with Crippen LogP contribution in [0.15, 0.2) is 21.4 Å². The number of fused-ring (bicyclic) bond motifs is 6. The molecule has 0 saturated heterocycles. The van der Waals surface area contributed by atoms with E-state index in [1.807, 2.05) is 13.8 Å². The third-order valence-corrected chi connectivity index (χ3v) is 6.21. The summed E-state index contributed by atoms with van der Waals surface area (Å²) in [5, 5.41) is 11.9. The summed E-state index contributed by atoms with van der Waals surface area (Å²) >= 11 is 0. The zero-order valence-corrected chi connectivity index (χ0v) is 16.9. The molecule has 1 aromatic heterocycles. The highest BCUT2D eigenvalue weighted by molar-refractivity contribution is 5.96. The van der Waals surface area contributed by atoms with Crippen LogP contribution in [0.5, 0.6) is 5.75 Å². The number of ether oxygens (including phenoxy) is 1. The Hall–Kier alpha value is -2.07. The third-order valence-electron chi connectivity index (χ3n) is 6.21. The van der Waals surface area contributed by atoms with Crippen molar-refractivity contribution in [3.63, 3.8) is 0 Å². The second kappa shape index (κ2) is 5.96. The van der Waals surface area contributed by atoms with Crippen molar-refractivity contribution in [1.82, 2.24) is 0 Å². The van der Waals surface area contributed by atoms with Crippen LogP contribution in [0.3, 0.4) is 0 Å². The van der Waals surface area contributed by atoms with Crippen molar-refractivity contribution >= 4 is 17.0 Å². The molecule has 0 saturated carbocycles. The lowest BCUT2D eigenvalue weighted by Crippen LogP contribution is -2.31. The molecule has 0 unspecified atom stereocenters. The molecule has 0 fully saturated rings. The van der Waals surface area contributed by atoms with Gasteiger partial charge in [0.25, 0.3) is 0 Å². The monoisotopic (exact) mass is 368 g/mol. The number of rotatable bonds is 1. The van der Waals surface area contributed by atoms with Crippen LogP contribution in [-0.4, -0.2) is 10.7 Å². The average molecular weight is 368 g/mol.